The third kappa shape index (κ3) is 5.01. The molecule has 0 spiro atoms. The molecule has 8 nitrogen and oxygen atoms in total. The fourth-order valence-corrected chi connectivity index (χ4v) is 6.84. The largest absolute Gasteiger partial charge is 0.339 e. The zero-order valence-corrected chi connectivity index (χ0v) is 19.1. The summed E-state index contributed by atoms with van der Waals surface area (Å²) in [5.41, 5.74) is 0.526. The van der Waals surface area contributed by atoms with Gasteiger partial charge in [0.15, 0.2) is 0 Å². The minimum atomic E-state index is -3.67. The molecule has 1 N–H and O–H groups in total. The van der Waals surface area contributed by atoms with Crippen molar-refractivity contribution in [1.29, 1.82) is 0 Å². The van der Waals surface area contributed by atoms with Crippen LogP contribution in [0.15, 0.2) is 46.0 Å². The third-order valence-electron chi connectivity index (χ3n) is 5.73. The normalized spacial score (nSPS) is 20.4. The van der Waals surface area contributed by atoms with E-state index in [2.05, 4.69) is 5.32 Å². The highest BCUT2D eigenvalue weighted by Gasteiger charge is 2.42. The number of carbonyl (C=O) groups excluding carboxylic acids is 2. The van der Waals surface area contributed by atoms with Gasteiger partial charge in [-0.3, -0.25) is 14.5 Å². The van der Waals surface area contributed by atoms with Crippen LogP contribution in [0, 0.1) is 5.82 Å². The Hall–Kier alpha value is -2.34. The van der Waals surface area contributed by atoms with Crippen LogP contribution in [-0.2, 0) is 19.6 Å². The number of amides is 2. The highest BCUT2D eigenvalue weighted by molar-refractivity contribution is 7.91. The first-order valence-electron chi connectivity index (χ1n) is 10.5. The molecule has 32 heavy (non-hydrogen) atoms. The molecule has 2 fully saturated rings. The van der Waals surface area contributed by atoms with Crippen LogP contribution in [0.2, 0.25) is 0 Å². The van der Waals surface area contributed by atoms with Crippen molar-refractivity contribution >= 4 is 38.9 Å². The summed E-state index contributed by atoms with van der Waals surface area (Å²) in [6.07, 6.45) is 1.17. The maximum atomic E-state index is 13.1. The van der Waals surface area contributed by atoms with E-state index in [0.717, 1.165) is 11.3 Å². The first-order valence-corrected chi connectivity index (χ1v) is 12.8. The minimum Gasteiger partial charge on any atom is -0.339 e. The van der Waals surface area contributed by atoms with E-state index in [1.54, 1.807) is 22.4 Å². The van der Waals surface area contributed by atoms with Crippen LogP contribution in [0.1, 0.15) is 12.8 Å². The van der Waals surface area contributed by atoms with Gasteiger partial charge in [-0.15, -0.1) is 11.3 Å². The zero-order chi connectivity index (χ0) is 22.7. The monoisotopic (exact) mass is 480 g/mol. The van der Waals surface area contributed by atoms with Gasteiger partial charge < -0.3 is 10.2 Å². The number of hydrogen-bond acceptors (Lipinski definition) is 6. The van der Waals surface area contributed by atoms with E-state index in [4.69, 9.17) is 0 Å². The Morgan fingerprint density at radius 3 is 2.44 bits per heavy atom. The Morgan fingerprint density at radius 1 is 1.06 bits per heavy atom. The van der Waals surface area contributed by atoms with Crippen molar-refractivity contribution in [2.45, 2.75) is 23.1 Å². The van der Waals surface area contributed by atoms with E-state index >= 15 is 0 Å². The number of rotatable bonds is 6. The summed E-state index contributed by atoms with van der Waals surface area (Å²) < 4.78 is 40.4. The van der Waals surface area contributed by atoms with Crippen LogP contribution in [0.5, 0.6) is 0 Å². The number of thiophene rings is 1. The second-order valence-electron chi connectivity index (χ2n) is 7.86. The molecule has 3 heterocycles. The SMILES string of the molecule is O=C(CN1CCN(C(=O)C2CCCN2S(=O)(=O)c2cccs2)CC1)Nc1ccc(F)cc1. The lowest BCUT2D eigenvalue weighted by Gasteiger charge is -2.36. The number of benzene rings is 1. The summed E-state index contributed by atoms with van der Waals surface area (Å²) in [4.78, 5) is 29.0. The van der Waals surface area contributed by atoms with Crippen LogP contribution in [0.4, 0.5) is 10.1 Å². The van der Waals surface area contributed by atoms with E-state index < -0.39 is 16.1 Å². The Labute approximate surface area is 190 Å². The predicted molar refractivity (Wildman–Crippen MR) is 119 cm³/mol. The molecular weight excluding hydrogens is 455 g/mol. The topological polar surface area (TPSA) is 90.0 Å². The average Bonchev–Trinajstić information content (AvgIpc) is 3.48. The molecule has 2 aliphatic heterocycles. The summed E-state index contributed by atoms with van der Waals surface area (Å²) >= 11 is 1.16. The molecule has 4 rings (SSSR count). The molecule has 1 aromatic carbocycles. The Bertz CT molecular complexity index is 1050. The van der Waals surface area contributed by atoms with Gasteiger partial charge in [0.25, 0.3) is 10.0 Å². The third-order valence-corrected chi connectivity index (χ3v) is 9.01. The highest BCUT2D eigenvalue weighted by Crippen LogP contribution is 2.29. The Balaban J connectivity index is 1.30. The number of carbonyl (C=O) groups is 2. The average molecular weight is 481 g/mol. The lowest BCUT2D eigenvalue weighted by atomic mass is 10.2. The van der Waals surface area contributed by atoms with Gasteiger partial charge in [-0.1, -0.05) is 6.07 Å². The van der Waals surface area contributed by atoms with Crippen molar-refractivity contribution in [2.24, 2.45) is 0 Å². The molecule has 0 aliphatic carbocycles. The molecule has 0 radical (unpaired) electrons. The van der Waals surface area contributed by atoms with Crippen LogP contribution in [0.25, 0.3) is 0 Å². The zero-order valence-electron chi connectivity index (χ0n) is 17.4. The van der Waals surface area contributed by atoms with Crippen LogP contribution < -0.4 is 5.32 Å². The fraction of sp³-hybridized carbons (Fsp3) is 0.429. The molecule has 172 valence electrons. The van der Waals surface area contributed by atoms with Gasteiger partial charge in [0, 0.05) is 38.4 Å². The smallest absolute Gasteiger partial charge is 0.253 e. The Morgan fingerprint density at radius 2 is 1.78 bits per heavy atom. The summed E-state index contributed by atoms with van der Waals surface area (Å²) in [5, 5.41) is 4.44. The number of nitrogens with zero attached hydrogens (tertiary/aromatic N) is 3. The second kappa shape index (κ2) is 9.65. The molecule has 1 unspecified atom stereocenters. The molecule has 2 aliphatic rings. The maximum absolute atomic E-state index is 13.1. The van der Waals surface area contributed by atoms with E-state index in [0.29, 0.717) is 51.3 Å². The summed E-state index contributed by atoms with van der Waals surface area (Å²) in [6, 6.07) is 8.15. The standard InChI is InChI=1S/C21H25FN4O4S2/c22-16-5-7-17(8-6-16)23-19(27)15-24-10-12-25(13-11-24)21(28)18-3-1-9-26(18)32(29,30)20-4-2-14-31-20/h2,4-8,14,18H,1,3,9-13,15H2,(H,23,27). The molecule has 11 heteroatoms. The number of piperazine rings is 1. The lowest BCUT2D eigenvalue weighted by Crippen LogP contribution is -2.55. The predicted octanol–water partition coefficient (Wildman–Crippen LogP) is 1.82. The summed E-state index contributed by atoms with van der Waals surface area (Å²) in [6.45, 7) is 2.43. The second-order valence-corrected chi connectivity index (χ2v) is 10.9. The molecule has 2 saturated heterocycles. The first-order chi connectivity index (χ1) is 15.3. The van der Waals surface area contributed by atoms with Gasteiger partial charge in [0.1, 0.15) is 16.1 Å². The van der Waals surface area contributed by atoms with Crippen LogP contribution in [0.3, 0.4) is 0 Å². The van der Waals surface area contributed by atoms with E-state index in [1.165, 1.54) is 28.6 Å². The molecule has 0 saturated carbocycles. The number of halogens is 1. The maximum Gasteiger partial charge on any atom is 0.253 e. The molecule has 0 bridgehead atoms. The minimum absolute atomic E-state index is 0.168. The van der Waals surface area contributed by atoms with Crippen molar-refractivity contribution in [2.75, 3.05) is 44.6 Å². The van der Waals surface area contributed by atoms with Gasteiger partial charge in [-0.25, -0.2) is 12.8 Å². The van der Waals surface area contributed by atoms with Gasteiger partial charge in [-0.05, 0) is 48.6 Å². The molecule has 1 atom stereocenters. The van der Waals surface area contributed by atoms with Crippen molar-refractivity contribution in [3.63, 3.8) is 0 Å². The molecule has 1 aromatic heterocycles. The summed E-state index contributed by atoms with van der Waals surface area (Å²) in [7, 11) is -3.67. The van der Waals surface area contributed by atoms with E-state index in [-0.39, 0.29) is 28.4 Å². The van der Waals surface area contributed by atoms with Gasteiger partial charge >= 0.3 is 0 Å². The Kier molecular flexibility index (Phi) is 6.89. The van der Waals surface area contributed by atoms with E-state index in [1.807, 2.05) is 4.90 Å². The number of anilines is 1. The van der Waals surface area contributed by atoms with Crippen molar-refractivity contribution in [3.8, 4) is 0 Å². The van der Waals surface area contributed by atoms with Gasteiger partial charge in [0.2, 0.25) is 11.8 Å². The number of nitrogens with one attached hydrogen (secondary N) is 1. The van der Waals surface area contributed by atoms with Crippen LogP contribution in [-0.4, -0.2) is 79.6 Å². The highest BCUT2D eigenvalue weighted by atomic mass is 32.2. The van der Waals surface area contributed by atoms with Gasteiger partial charge in [-0.2, -0.15) is 4.31 Å². The van der Waals surface area contributed by atoms with Crippen molar-refractivity contribution in [3.05, 3.63) is 47.6 Å². The fourth-order valence-electron chi connectivity index (χ4n) is 4.07. The van der Waals surface area contributed by atoms with Crippen molar-refractivity contribution < 1.29 is 22.4 Å². The first kappa shape index (κ1) is 22.8. The van der Waals surface area contributed by atoms with Crippen LogP contribution >= 0.6 is 11.3 Å². The van der Waals surface area contributed by atoms with E-state index in [9.17, 15) is 22.4 Å². The molecular formula is C21H25FN4O4S2. The van der Waals surface area contributed by atoms with Crippen molar-refractivity contribution in [1.82, 2.24) is 14.1 Å². The number of hydrogen-bond donors (Lipinski definition) is 1. The quantitative estimate of drug-likeness (QED) is 0.681. The lowest BCUT2D eigenvalue weighted by molar-refractivity contribution is -0.136. The summed E-state index contributed by atoms with van der Waals surface area (Å²) in [5.74, 6) is -0.744. The molecule has 2 amide bonds. The van der Waals surface area contributed by atoms with Gasteiger partial charge in [0.05, 0.1) is 6.54 Å². The number of sulfonamides is 1. The molecule has 2 aromatic rings.